The summed E-state index contributed by atoms with van der Waals surface area (Å²) in [7, 11) is 2.09. The van der Waals surface area contributed by atoms with Crippen LogP contribution in [0.5, 0.6) is 0 Å². The molecule has 4 aliphatic carbocycles. The number of nitrogens with two attached hydrogens (primary N) is 1. The molecule has 5 heteroatoms. The molecule has 2 spiro atoms. The quantitative estimate of drug-likeness (QED) is 0.702. The lowest BCUT2D eigenvalue weighted by atomic mass is 9.69. The van der Waals surface area contributed by atoms with Gasteiger partial charge in [-0.2, -0.15) is 0 Å². The standard InChI is InChI=1S/C21H33N3O2/c1-19(2)20(7-4-8-20)21(19)10-15(24(3)11-21)18(26)23-14-9-12-5-6-13(12)16(22)17(14)25/h12,14-15,17,25H,4-11,22H2,1-3H3,(H,23,26)/t12?,14?,15-,17?,21+/m0/s1. The average molecular weight is 360 g/mol. The summed E-state index contributed by atoms with van der Waals surface area (Å²) in [4.78, 5) is 15.4. The minimum Gasteiger partial charge on any atom is -0.400 e. The van der Waals surface area contributed by atoms with Gasteiger partial charge in [-0.25, -0.2) is 0 Å². The summed E-state index contributed by atoms with van der Waals surface area (Å²) in [5.41, 5.74) is 9.10. The maximum atomic E-state index is 13.1. The molecule has 4 fully saturated rings. The van der Waals surface area contributed by atoms with Gasteiger partial charge in [-0.3, -0.25) is 9.69 Å². The number of hydrogen-bond acceptors (Lipinski definition) is 4. The van der Waals surface area contributed by atoms with Gasteiger partial charge in [0, 0.05) is 12.2 Å². The molecule has 0 aromatic carbocycles. The van der Waals surface area contributed by atoms with Crippen molar-refractivity contribution in [1.29, 1.82) is 0 Å². The van der Waals surface area contributed by atoms with Crippen LogP contribution in [-0.4, -0.2) is 47.7 Å². The molecule has 0 bridgehead atoms. The molecule has 1 heterocycles. The lowest BCUT2D eigenvalue weighted by molar-refractivity contribution is -0.126. The van der Waals surface area contributed by atoms with E-state index < -0.39 is 6.10 Å². The first-order valence-electron chi connectivity index (χ1n) is 10.4. The lowest BCUT2D eigenvalue weighted by Crippen LogP contribution is -2.54. The topological polar surface area (TPSA) is 78.6 Å². The summed E-state index contributed by atoms with van der Waals surface area (Å²) in [6.45, 7) is 5.85. The fraction of sp³-hybridized carbons (Fsp3) is 0.857. The summed E-state index contributed by atoms with van der Waals surface area (Å²) >= 11 is 0. The Labute approximate surface area is 156 Å². The molecule has 144 valence electrons. The molecule has 4 N–H and O–H groups in total. The zero-order valence-electron chi connectivity index (χ0n) is 16.3. The molecule has 3 unspecified atom stereocenters. The smallest absolute Gasteiger partial charge is 0.237 e. The number of aliphatic hydroxyl groups is 1. The molecule has 3 saturated carbocycles. The lowest BCUT2D eigenvalue weighted by Gasteiger charge is -2.42. The number of likely N-dealkylation sites (N-methyl/N-ethyl adjacent to an activating group) is 1. The first-order valence-corrected chi connectivity index (χ1v) is 10.4. The fourth-order valence-corrected chi connectivity index (χ4v) is 7.46. The van der Waals surface area contributed by atoms with Gasteiger partial charge in [0.1, 0.15) is 6.10 Å². The van der Waals surface area contributed by atoms with Crippen molar-refractivity contribution in [1.82, 2.24) is 10.2 Å². The van der Waals surface area contributed by atoms with Gasteiger partial charge in [-0.1, -0.05) is 20.3 Å². The van der Waals surface area contributed by atoms with Crippen molar-refractivity contribution < 1.29 is 9.90 Å². The maximum absolute atomic E-state index is 13.1. The molecule has 0 radical (unpaired) electrons. The van der Waals surface area contributed by atoms with Crippen molar-refractivity contribution in [2.45, 2.75) is 77.0 Å². The monoisotopic (exact) mass is 359 g/mol. The van der Waals surface area contributed by atoms with Gasteiger partial charge in [0.15, 0.2) is 0 Å². The molecule has 5 nitrogen and oxygen atoms in total. The number of nitrogens with zero attached hydrogens (tertiary/aromatic N) is 1. The van der Waals surface area contributed by atoms with Gasteiger partial charge >= 0.3 is 0 Å². The number of nitrogens with one attached hydrogen (secondary N) is 1. The first-order chi connectivity index (χ1) is 12.2. The predicted molar refractivity (Wildman–Crippen MR) is 100 cm³/mol. The molecule has 26 heavy (non-hydrogen) atoms. The Morgan fingerprint density at radius 3 is 2.58 bits per heavy atom. The van der Waals surface area contributed by atoms with Crippen LogP contribution in [0.1, 0.15) is 58.8 Å². The summed E-state index contributed by atoms with van der Waals surface area (Å²) in [5, 5.41) is 13.7. The van der Waals surface area contributed by atoms with Gasteiger partial charge in [-0.15, -0.1) is 0 Å². The maximum Gasteiger partial charge on any atom is 0.237 e. The molecule has 0 aromatic rings. The highest BCUT2D eigenvalue weighted by molar-refractivity contribution is 5.83. The van der Waals surface area contributed by atoms with Crippen LogP contribution in [0.15, 0.2) is 11.3 Å². The van der Waals surface area contributed by atoms with Gasteiger partial charge < -0.3 is 16.2 Å². The number of likely N-dealkylation sites (tertiary alicyclic amines) is 1. The summed E-state index contributed by atoms with van der Waals surface area (Å²) in [5.74, 6) is 0.554. The Morgan fingerprint density at radius 2 is 2.04 bits per heavy atom. The number of carbonyl (C=O) groups excluding carboxylic acids is 1. The van der Waals surface area contributed by atoms with Crippen LogP contribution in [0, 0.1) is 22.2 Å². The first kappa shape index (κ1) is 17.1. The summed E-state index contributed by atoms with van der Waals surface area (Å²) in [6, 6.07) is -0.305. The second-order valence-electron chi connectivity index (χ2n) is 10.3. The van der Waals surface area contributed by atoms with Crippen LogP contribution in [0.2, 0.25) is 0 Å². The van der Waals surface area contributed by atoms with Gasteiger partial charge in [0.2, 0.25) is 5.91 Å². The van der Waals surface area contributed by atoms with E-state index in [2.05, 4.69) is 31.1 Å². The largest absolute Gasteiger partial charge is 0.400 e. The number of allylic oxidation sites excluding steroid dienone is 1. The van der Waals surface area contributed by atoms with E-state index in [1.807, 2.05) is 0 Å². The molecule has 5 rings (SSSR count). The van der Waals surface area contributed by atoms with E-state index in [4.69, 9.17) is 5.73 Å². The zero-order chi connectivity index (χ0) is 18.5. The van der Waals surface area contributed by atoms with Crippen molar-refractivity contribution >= 4 is 5.91 Å². The number of rotatable bonds is 2. The zero-order valence-corrected chi connectivity index (χ0v) is 16.3. The summed E-state index contributed by atoms with van der Waals surface area (Å²) < 4.78 is 0. The van der Waals surface area contributed by atoms with E-state index in [-0.39, 0.29) is 18.0 Å². The molecule has 5 aliphatic rings. The molecule has 1 aliphatic heterocycles. The molecule has 5 atom stereocenters. The molecular weight excluding hydrogens is 326 g/mol. The van der Waals surface area contributed by atoms with E-state index in [0.717, 1.165) is 32.2 Å². The Hall–Kier alpha value is -1.07. The van der Waals surface area contributed by atoms with Crippen molar-refractivity contribution in [3.8, 4) is 0 Å². The van der Waals surface area contributed by atoms with E-state index in [9.17, 15) is 9.90 Å². The highest BCUT2D eigenvalue weighted by Crippen LogP contribution is 2.88. The number of fused-ring (bicyclic) bond motifs is 2. The number of aliphatic hydroxyl groups excluding tert-OH is 1. The number of amides is 1. The average Bonchev–Trinajstić information content (AvgIpc) is 2.74. The third kappa shape index (κ3) is 1.77. The van der Waals surface area contributed by atoms with E-state index in [1.54, 1.807) is 0 Å². The predicted octanol–water partition coefficient (Wildman–Crippen LogP) is 1.76. The molecule has 0 aromatic heterocycles. The Morgan fingerprint density at radius 1 is 1.31 bits per heavy atom. The van der Waals surface area contributed by atoms with Crippen LogP contribution in [0.4, 0.5) is 0 Å². The van der Waals surface area contributed by atoms with Crippen molar-refractivity contribution in [3.63, 3.8) is 0 Å². The van der Waals surface area contributed by atoms with Gasteiger partial charge in [0.05, 0.1) is 12.1 Å². The Bertz CT molecular complexity index is 695. The van der Waals surface area contributed by atoms with Crippen LogP contribution >= 0.6 is 0 Å². The van der Waals surface area contributed by atoms with Crippen molar-refractivity contribution in [2.24, 2.45) is 27.9 Å². The normalized spacial score (nSPS) is 45.2. The van der Waals surface area contributed by atoms with Crippen LogP contribution in [0.3, 0.4) is 0 Å². The third-order valence-electron chi connectivity index (χ3n) is 9.54. The van der Waals surface area contributed by atoms with Crippen LogP contribution in [0.25, 0.3) is 0 Å². The second kappa shape index (κ2) is 5.05. The highest BCUT2D eigenvalue weighted by atomic mass is 16.3. The van der Waals surface area contributed by atoms with E-state index in [1.165, 1.54) is 24.8 Å². The third-order valence-corrected chi connectivity index (χ3v) is 9.54. The van der Waals surface area contributed by atoms with E-state index >= 15 is 0 Å². The number of carbonyl (C=O) groups is 1. The second-order valence-corrected chi connectivity index (χ2v) is 10.3. The summed E-state index contributed by atoms with van der Waals surface area (Å²) in [6.07, 6.45) is 7.23. The van der Waals surface area contributed by atoms with Crippen LogP contribution in [-0.2, 0) is 4.79 Å². The molecule has 1 amide bonds. The molecule has 1 saturated heterocycles. The SMILES string of the molecule is CN1C[C@]2(C[C@H]1C(=O)NC1CC3CCC3=C(N)C1O)C(C)(C)C21CCC1. The highest BCUT2D eigenvalue weighted by Gasteiger charge is 2.84. The van der Waals surface area contributed by atoms with Crippen molar-refractivity contribution in [3.05, 3.63) is 11.3 Å². The minimum atomic E-state index is -0.721. The van der Waals surface area contributed by atoms with Crippen LogP contribution < -0.4 is 11.1 Å². The van der Waals surface area contributed by atoms with Gasteiger partial charge in [0.25, 0.3) is 0 Å². The fourth-order valence-electron chi connectivity index (χ4n) is 7.46. The van der Waals surface area contributed by atoms with E-state index in [0.29, 0.717) is 27.9 Å². The molecular formula is C21H33N3O2. The van der Waals surface area contributed by atoms with Crippen molar-refractivity contribution in [2.75, 3.05) is 13.6 Å². The number of hydrogen-bond donors (Lipinski definition) is 3. The minimum absolute atomic E-state index is 0.0746. The Kier molecular flexibility index (Phi) is 3.31. The van der Waals surface area contributed by atoms with Gasteiger partial charge in [-0.05, 0) is 73.3 Å². The Balaban J connectivity index is 1.30.